The first-order valence-corrected chi connectivity index (χ1v) is 8.35. The highest BCUT2D eigenvalue weighted by Gasteiger charge is 2.33. The van der Waals surface area contributed by atoms with Gasteiger partial charge in [-0.2, -0.15) is 0 Å². The molecular weight excluding hydrogens is 327 g/mol. The molecule has 2 heterocycles. The average Bonchev–Trinajstić information content (AvgIpc) is 2.96. The molecule has 25 heavy (non-hydrogen) atoms. The largest absolute Gasteiger partial charge is 0.369 e. The minimum absolute atomic E-state index is 0.0117. The average molecular weight is 348 g/mol. The van der Waals surface area contributed by atoms with Crippen LogP contribution < -0.4 is 10.6 Å². The molecule has 4 amide bonds. The van der Waals surface area contributed by atoms with Crippen LogP contribution in [0.4, 0.5) is 14.9 Å². The van der Waals surface area contributed by atoms with Crippen molar-refractivity contribution in [3.05, 3.63) is 30.1 Å². The lowest BCUT2D eigenvalue weighted by atomic mass is 9.96. The van der Waals surface area contributed by atoms with Crippen LogP contribution in [0.15, 0.2) is 24.3 Å². The SMILES string of the molecule is NC(=O)C1CCN(C(=O)CN2CCN(c3ccc(F)cc3)C2=O)CC1. The number of carbonyl (C=O) groups excluding carboxylic acids is 3. The zero-order valence-corrected chi connectivity index (χ0v) is 13.9. The van der Waals surface area contributed by atoms with E-state index in [0.717, 1.165) is 0 Å². The summed E-state index contributed by atoms with van der Waals surface area (Å²) in [7, 11) is 0. The second-order valence-electron chi connectivity index (χ2n) is 6.39. The third-order valence-corrected chi connectivity index (χ3v) is 4.81. The molecule has 0 spiro atoms. The molecule has 0 bridgehead atoms. The third kappa shape index (κ3) is 3.72. The van der Waals surface area contributed by atoms with E-state index < -0.39 is 0 Å². The summed E-state index contributed by atoms with van der Waals surface area (Å²) in [5, 5.41) is 0. The van der Waals surface area contributed by atoms with Gasteiger partial charge in [0, 0.05) is 37.8 Å². The molecule has 3 rings (SSSR count). The second kappa shape index (κ2) is 7.08. The monoisotopic (exact) mass is 348 g/mol. The van der Waals surface area contributed by atoms with Gasteiger partial charge in [-0.1, -0.05) is 0 Å². The summed E-state index contributed by atoms with van der Waals surface area (Å²) in [4.78, 5) is 40.8. The Morgan fingerprint density at radius 1 is 1.08 bits per heavy atom. The Morgan fingerprint density at radius 2 is 1.72 bits per heavy atom. The van der Waals surface area contributed by atoms with E-state index in [2.05, 4.69) is 0 Å². The molecule has 1 aromatic carbocycles. The molecule has 0 atom stereocenters. The highest BCUT2D eigenvalue weighted by atomic mass is 19.1. The number of nitrogens with zero attached hydrogens (tertiary/aromatic N) is 3. The zero-order chi connectivity index (χ0) is 18.0. The van der Waals surface area contributed by atoms with Crippen LogP contribution in [0, 0.1) is 11.7 Å². The second-order valence-corrected chi connectivity index (χ2v) is 6.39. The number of hydrogen-bond donors (Lipinski definition) is 1. The topological polar surface area (TPSA) is 86.9 Å². The molecule has 2 fully saturated rings. The Balaban J connectivity index is 1.55. The van der Waals surface area contributed by atoms with E-state index in [1.165, 1.54) is 21.9 Å². The van der Waals surface area contributed by atoms with Gasteiger partial charge in [0.05, 0.1) is 0 Å². The van der Waals surface area contributed by atoms with Gasteiger partial charge in [-0.05, 0) is 37.1 Å². The van der Waals surface area contributed by atoms with Crippen molar-refractivity contribution in [3.8, 4) is 0 Å². The van der Waals surface area contributed by atoms with Crippen LogP contribution in [-0.4, -0.2) is 60.4 Å². The summed E-state index contributed by atoms with van der Waals surface area (Å²) in [6, 6.07) is 5.45. The molecular formula is C17H21FN4O3. The van der Waals surface area contributed by atoms with Gasteiger partial charge in [-0.3, -0.25) is 14.5 Å². The van der Waals surface area contributed by atoms with Crippen LogP contribution in [0.1, 0.15) is 12.8 Å². The molecule has 0 unspecified atom stereocenters. The van der Waals surface area contributed by atoms with Crippen molar-refractivity contribution in [2.75, 3.05) is 37.6 Å². The fourth-order valence-electron chi connectivity index (χ4n) is 3.27. The van der Waals surface area contributed by atoms with Crippen LogP contribution in [0.5, 0.6) is 0 Å². The molecule has 7 nitrogen and oxygen atoms in total. The number of halogens is 1. The Labute approximate surface area is 145 Å². The highest BCUT2D eigenvalue weighted by molar-refractivity contribution is 5.96. The van der Waals surface area contributed by atoms with Gasteiger partial charge in [-0.15, -0.1) is 0 Å². The summed E-state index contributed by atoms with van der Waals surface area (Å²) >= 11 is 0. The molecule has 0 aliphatic carbocycles. The van der Waals surface area contributed by atoms with Crippen molar-refractivity contribution in [1.82, 2.24) is 9.80 Å². The van der Waals surface area contributed by atoms with E-state index in [1.54, 1.807) is 17.0 Å². The summed E-state index contributed by atoms with van der Waals surface area (Å²) in [5.41, 5.74) is 5.91. The van der Waals surface area contributed by atoms with Crippen molar-refractivity contribution < 1.29 is 18.8 Å². The number of carbonyl (C=O) groups is 3. The molecule has 0 aromatic heterocycles. The molecule has 8 heteroatoms. The number of rotatable bonds is 4. The molecule has 1 aromatic rings. The van der Waals surface area contributed by atoms with E-state index in [9.17, 15) is 18.8 Å². The number of primary amides is 1. The van der Waals surface area contributed by atoms with Crippen molar-refractivity contribution in [1.29, 1.82) is 0 Å². The standard InChI is InChI=1S/C17H21FN4O3/c18-13-1-3-14(4-2-13)22-10-9-21(17(22)25)11-15(23)20-7-5-12(6-8-20)16(19)24/h1-4,12H,5-11H2,(H2,19,24). The number of nitrogens with two attached hydrogens (primary N) is 1. The number of urea groups is 1. The summed E-state index contributed by atoms with van der Waals surface area (Å²) in [6.07, 6.45) is 1.13. The summed E-state index contributed by atoms with van der Waals surface area (Å²) < 4.78 is 13.0. The lowest BCUT2D eigenvalue weighted by molar-refractivity contribution is -0.135. The van der Waals surface area contributed by atoms with Crippen LogP contribution in [0.2, 0.25) is 0 Å². The maximum atomic E-state index is 13.0. The molecule has 2 N–H and O–H groups in total. The number of piperidine rings is 1. The number of amides is 4. The predicted molar refractivity (Wildman–Crippen MR) is 89.2 cm³/mol. The van der Waals surface area contributed by atoms with Crippen LogP contribution in [-0.2, 0) is 9.59 Å². The van der Waals surface area contributed by atoms with Crippen LogP contribution >= 0.6 is 0 Å². The Hall–Kier alpha value is -2.64. The molecule has 0 radical (unpaired) electrons. The number of likely N-dealkylation sites (tertiary alicyclic amines) is 1. The van der Waals surface area contributed by atoms with Crippen LogP contribution in [0.25, 0.3) is 0 Å². The van der Waals surface area contributed by atoms with Crippen molar-refractivity contribution >= 4 is 23.5 Å². The van der Waals surface area contributed by atoms with Gasteiger partial charge < -0.3 is 15.5 Å². The number of hydrogen-bond acceptors (Lipinski definition) is 3. The Morgan fingerprint density at radius 3 is 2.32 bits per heavy atom. The van der Waals surface area contributed by atoms with Gasteiger partial charge in [0.1, 0.15) is 12.4 Å². The van der Waals surface area contributed by atoms with E-state index >= 15 is 0 Å². The fourth-order valence-corrected chi connectivity index (χ4v) is 3.27. The first kappa shape index (κ1) is 17.2. The fraction of sp³-hybridized carbons (Fsp3) is 0.471. The van der Waals surface area contributed by atoms with E-state index in [1.807, 2.05) is 0 Å². The Kier molecular flexibility index (Phi) is 4.87. The summed E-state index contributed by atoms with van der Waals surface area (Å²) in [5.74, 6) is -0.984. The zero-order valence-electron chi connectivity index (χ0n) is 13.9. The third-order valence-electron chi connectivity index (χ3n) is 4.81. The lowest BCUT2D eigenvalue weighted by Crippen LogP contribution is -2.46. The van der Waals surface area contributed by atoms with E-state index in [-0.39, 0.29) is 36.1 Å². The molecule has 2 aliphatic heterocycles. The Bertz CT molecular complexity index is 671. The van der Waals surface area contributed by atoms with Gasteiger partial charge in [0.2, 0.25) is 11.8 Å². The van der Waals surface area contributed by atoms with Gasteiger partial charge >= 0.3 is 6.03 Å². The van der Waals surface area contributed by atoms with Crippen molar-refractivity contribution in [2.24, 2.45) is 11.7 Å². The van der Waals surface area contributed by atoms with Crippen molar-refractivity contribution in [2.45, 2.75) is 12.8 Å². The summed E-state index contributed by atoms with van der Waals surface area (Å²) in [6.45, 7) is 1.88. The number of anilines is 1. The normalized spacial score (nSPS) is 18.8. The molecule has 134 valence electrons. The molecule has 2 aliphatic rings. The molecule has 2 saturated heterocycles. The molecule has 0 saturated carbocycles. The van der Waals surface area contributed by atoms with E-state index in [0.29, 0.717) is 44.7 Å². The van der Waals surface area contributed by atoms with E-state index in [4.69, 9.17) is 5.73 Å². The smallest absolute Gasteiger partial charge is 0.325 e. The van der Waals surface area contributed by atoms with Gasteiger partial charge in [-0.25, -0.2) is 9.18 Å². The lowest BCUT2D eigenvalue weighted by Gasteiger charge is -2.31. The quantitative estimate of drug-likeness (QED) is 0.873. The highest BCUT2D eigenvalue weighted by Crippen LogP contribution is 2.21. The minimum atomic E-state index is -0.359. The van der Waals surface area contributed by atoms with Gasteiger partial charge in [0.25, 0.3) is 0 Å². The maximum absolute atomic E-state index is 13.0. The first-order chi connectivity index (χ1) is 12.0. The van der Waals surface area contributed by atoms with Gasteiger partial charge in [0.15, 0.2) is 0 Å². The first-order valence-electron chi connectivity index (χ1n) is 8.35. The minimum Gasteiger partial charge on any atom is -0.369 e. The number of benzene rings is 1. The van der Waals surface area contributed by atoms with Crippen LogP contribution in [0.3, 0.4) is 0 Å². The van der Waals surface area contributed by atoms with Crippen molar-refractivity contribution in [3.63, 3.8) is 0 Å². The predicted octanol–water partition coefficient (Wildman–Crippen LogP) is 0.792. The maximum Gasteiger partial charge on any atom is 0.325 e.